The van der Waals surface area contributed by atoms with E-state index in [1.807, 2.05) is 27.7 Å². The minimum atomic E-state index is -1.10. The number of ketones is 3. The van der Waals surface area contributed by atoms with E-state index >= 15 is 0 Å². The lowest BCUT2D eigenvalue weighted by Crippen LogP contribution is -2.47. The molecule has 2 N–H and O–H groups in total. The predicted octanol–water partition coefficient (Wildman–Crippen LogP) is 3.43. The molecule has 11 nitrogen and oxygen atoms in total. The van der Waals surface area contributed by atoms with Crippen LogP contribution in [0.4, 0.5) is 0 Å². The second-order valence-electron chi connectivity index (χ2n) is 13.3. The number of Topliss-reactive ketones (excluding diaryl/α,β-unsaturated/α-hetero) is 3. The Morgan fingerprint density at radius 1 is 0.935 bits per heavy atom. The van der Waals surface area contributed by atoms with Crippen LogP contribution in [0.25, 0.3) is 0 Å². The first-order valence-corrected chi connectivity index (χ1v) is 16.5. The number of hydrogen-bond donors (Lipinski definition) is 2. The van der Waals surface area contributed by atoms with Crippen LogP contribution in [0.5, 0.6) is 0 Å². The van der Waals surface area contributed by atoms with Crippen molar-refractivity contribution >= 4 is 41.0 Å². The summed E-state index contributed by atoms with van der Waals surface area (Å²) in [6.45, 7) is 7.93. The summed E-state index contributed by atoms with van der Waals surface area (Å²) in [6.07, 6.45) is 2.65. The normalized spacial score (nSPS) is 18.1. The zero-order valence-electron chi connectivity index (χ0n) is 27.7. The molecule has 252 valence electrons. The number of carbonyl (C=O) groups excluding carboxylic acids is 7. The number of esters is 1. The minimum absolute atomic E-state index is 0.00678. The molecule has 0 spiro atoms. The van der Waals surface area contributed by atoms with Crippen molar-refractivity contribution in [2.45, 2.75) is 104 Å². The lowest BCUT2D eigenvalue weighted by atomic mass is 9.86. The number of benzene rings is 1. The van der Waals surface area contributed by atoms with E-state index in [0.717, 1.165) is 12.8 Å². The molecule has 3 amide bonds. The van der Waals surface area contributed by atoms with Gasteiger partial charge in [0, 0.05) is 43.3 Å². The number of carbonyl (C=O) groups is 7. The maximum absolute atomic E-state index is 14.0. The van der Waals surface area contributed by atoms with E-state index in [2.05, 4.69) is 10.6 Å². The Bertz CT molecular complexity index is 1270. The van der Waals surface area contributed by atoms with Gasteiger partial charge >= 0.3 is 5.97 Å². The molecule has 2 fully saturated rings. The van der Waals surface area contributed by atoms with Gasteiger partial charge in [-0.1, -0.05) is 45.9 Å². The highest BCUT2D eigenvalue weighted by Gasteiger charge is 2.40. The number of amides is 3. The summed E-state index contributed by atoms with van der Waals surface area (Å²) < 4.78 is 4.93. The van der Waals surface area contributed by atoms with Crippen LogP contribution in [0, 0.1) is 23.7 Å². The zero-order chi connectivity index (χ0) is 34.0. The molecule has 0 unspecified atom stereocenters. The molecule has 1 saturated carbocycles. The number of nitrogens with one attached hydrogen (secondary N) is 2. The van der Waals surface area contributed by atoms with E-state index in [4.69, 9.17) is 4.74 Å². The van der Waals surface area contributed by atoms with Crippen molar-refractivity contribution < 1.29 is 38.3 Å². The van der Waals surface area contributed by atoms with Crippen LogP contribution in [0.15, 0.2) is 30.3 Å². The maximum atomic E-state index is 14.0. The van der Waals surface area contributed by atoms with Crippen LogP contribution in [0.2, 0.25) is 0 Å². The minimum Gasteiger partial charge on any atom is -0.469 e. The Hall–Kier alpha value is -3.89. The fourth-order valence-electron chi connectivity index (χ4n) is 5.95. The molecule has 1 saturated heterocycles. The third kappa shape index (κ3) is 10.6. The molecule has 1 heterocycles. The highest BCUT2D eigenvalue weighted by atomic mass is 16.5. The summed E-state index contributed by atoms with van der Waals surface area (Å²) in [6, 6.07) is 6.54. The van der Waals surface area contributed by atoms with Crippen molar-refractivity contribution in [3.63, 3.8) is 0 Å². The van der Waals surface area contributed by atoms with Gasteiger partial charge in [0.1, 0.15) is 0 Å². The van der Waals surface area contributed by atoms with Crippen LogP contribution in [0.3, 0.4) is 0 Å². The highest BCUT2D eigenvalue weighted by Crippen LogP contribution is 2.29. The van der Waals surface area contributed by atoms with Crippen molar-refractivity contribution in [1.82, 2.24) is 15.5 Å². The van der Waals surface area contributed by atoms with E-state index < -0.39 is 53.3 Å². The summed E-state index contributed by atoms with van der Waals surface area (Å²) in [5, 5.41) is 5.36. The molecule has 1 aromatic rings. The van der Waals surface area contributed by atoms with E-state index in [0.29, 0.717) is 31.4 Å². The van der Waals surface area contributed by atoms with Crippen LogP contribution in [0.1, 0.15) is 95.8 Å². The van der Waals surface area contributed by atoms with Gasteiger partial charge in [-0.2, -0.15) is 0 Å². The van der Waals surface area contributed by atoms with Gasteiger partial charge in [0.2, 0.25) is 11.7 Å². The number of nitrogens with zero attached hydrogens (tertiary/aromatic N) is 1. The molecule has 46 heavy (non-hydrogen) atoms. The van der Waals surface area contributed by atoms with Gasteiger partial charge in [0.05, 0.1) is 25.1 Å². The van der Waals surface area contributed by atoms with Gasteiger partial charge < -0.3 is 20.3 Å². The molecule has 0 bridgehead atoms. The lowest BCUT2D eigenvalue weighted by Gasteiger charge is -2.31. The fourth-order valence-corrected chi connectivity index (χ4v) is 5.95. The Morgan fingerprint density at radius 3 is 2.20 bits per heavy atom. The molecule has 0 radical (unpaired) electrons. The summed E-state index contributed by atoms with van der Waals surface area (Å²) in [5.41, 5.74) is 0.329. The SMILES string of the molecule is COC(=O)[C@@H](CC(=O)[C@@H]1CCCN1C(=O)[C@@H](CC(=O)[C@H](CCC(=O)C(=O)NC1CC1)NC(=O)c1ccccc1)C(C)C)CC(C)C. The average molecular weight is 640 g/mol. The molecule has 0 aromatic heterocycles. The molecule has 1 aromatic carbocycles. The lowest BCUT2D eigenvalue weighted by molar-refractivity contribution is -0.149. The van der Waals surface area contributed by atoms with Crippen LogP contribution >= 0.6 is 0 Å². The molecule has 11 heteroatoms. The third-order valence-corrected chi connectivity index (χ3v) is 8.74. The molecule has 3 rings (SSSR count). The molecule has 1 aliphatic heterocycles. The number of ether oxygens (including phenoxy) is 1. The van der Waals surface area contributed by atoms with Crippen LogP contribution in [-0.4, -0.2) is 77.7 Å². The second kappa shape index (κ2) is 17.1. The Balaban J connectivity index is 1.74. The zero-order valence-corrected chi connectivity index (χ0v) is 27.7. The molecular weight excluding hydrogens is 590 g/mol. The smallest absolute Gasteiger partial charge is 0.309 e. The van der Waals surface area contributed by atoms with Crippen molar-refractivity contribution in [1.29, 1.82) is 0 Å². The fraction of sp³-hybridized carbons (Fsp3) is 0.629. The summed E-state index contributed by atoms with van der Waals surface area (Å²) in [5.74, 6) is -4.76. The summed E-state index contributed by atoms with van der Waals surface area (Å²) in [7, 11) is 1.30. The quantitative estimate of drug-likeness (QED) is 0.183. The largest absolute Gasteiger partial charge is 0.469 e. The van der Waals surface area contributed by atoms with Crippen LogP contribution in [-0.2, 0) is 33.5 Å². The predicted molar refractivity (Wildman–Crippen MR) is 170 cm³/mol. The van der Waals surface area contributed by atoms with Gasteiger partial charge in [-0.25, -0.2) is 0 Å². The molecule has 2 aliphatic rings. The van der Waals surface area contributed by atoms with E-state index in [1.54, 1.807) is 30.3 Å². The van der Waals surface area contributed by atoms with Gasteiger partial charge in [0.15, 0.2) is 11.6 Å². The number of rotatable bonds is 18. The second-order valence-corrected chi connectivity index (χ2v) is 13.3. The van der Waals surface area contributed by atoms with Gasteiger partial charge in [0.25, 0.3) is 11.8 Å². The molecule has 1 aliphatic carbocycles. The number of hydrogen-bond acceptors (Lipinski definition) is 8. The highest BCUT2D eigenvalue weighted by molar-refractivity contribution is 6.36. The maximum Gasteiger partial charge on any atom is 0.309 e. The topological polar surface area (TPSA) is 156 Å². The Morgan fingerprint density at radius 2 is 1.61 bits per heavy atom. The van der Waals surface area contributed by atoms with E-state index in [1.165, 1.54) is 12.0 Å². The van der Waals surface area contributed by atoms with Crippen molar-refractivity contribution in [2.75, 3.05) is 13.7 Å². The number of likely N-dealkylation sites (tertiary alicyclic amines) is 1. The van der Waals surface area contributed by atoms with Crippen molar-refractivity contribution in [3.8, 4) is 0 Å². The Kier molecular flexibility index (Phi) is 13.6. The first kappa shape index (κ1) is 36.6. The standard InChI is InChI=1S/C35H49N3O8/c1-21(2)18-24(35(45)46-5)19-31(41)28-12-9-17-38(28)34(44)26(22(3)4)20-30(40)27(37-32(42)23-10-7-6-8-11-23)15-16-29(39)33(43)36-25-13-14-25/h6-8,10-11,21-22,24-28H,9,12-20H2,1-5H3,(H,36,43)(H,37,42)/t24-,26+,27+,28+/m1/s1. The van der Waals surface area contributed by atoms with Crippen molar-refractivity contribution in [3.05, 3.63) is 35.9 Å². The Labute approximate surface area is 271 Å². The number of methoxy groups -OCH3 is 1. The summed E-state index contributed by atoms with van der Waals surface area (Å²) >= 11 is 0. The first-order valence-electron chi connectivity index (χ1n) is 16.5. The third-order valence-electron chi connectivity index (χ3n) is 8.74. The van der Waals surface area contributed by atoms with Crippen LogP contribution < -0.4 is 10.6 Å². The summed E-state index contributed by atoms with van der Waals surface area (Å²) in [4.78, 5) is 92.9. The monoisotopic (exact) mass is 639 g/mol. The van der Waals surface area contributed by atoms with E-state index in [9.17, 15) is 33.6 Å². The van der Waals surface area contributed by atoms with Gasteiger partial charge in [-0.15, -0.1) is 0 Å². The molecule has 4 atom stereocenters. The van der Waals surface area contributed by atoms with Crippen molar-refractivity contribution in [2.24, 2.45) is 23.7 Å². The van der Waals surface area contributed by atoms with E-state index in [-0.39, 0.29) is 55.3 Å². The molecular formula is C35H49N3O8. The first-order chi connectivity index (χ1) is 21.8. The van der Waals surface area contributed by atoms with Gasteiger partial charge in [-0.3, -0.25) is 33.6 Å². The average Bonchev–Trinajstić information content (AvgIpc) is 3.70. The van der Waals surface area contributed by atoms with Gasteiger partial charge in [-0.05, 0) is 62.5 Å².